The maximum Gasteiger partial charge on any atom is 0.249 e. The predicted octanol–water partition coefficient (Wildman–Crippen LogP) is 2.76. The van der Waals surface area contributed by atoms with Crippen LogP contribution in [0.2, 0.25) is 0 Å². The SMILES string of the molecule is Cc1ccc(-c2nnc(C3CCN(S(=O)(=O)c4ccc(F)cc4)C3)o2)cn1. The van der Waals surface area contributed by atoms with Crippen molar-refractivity contribution in [2.24, 2.45) is 0 Å². The minimum absolute atomic E-state index is 0.0708. The van der Waals surface area contributed by atoms with Crippen molar-refractivity contribution in [2.75, 3.05) is 13.1 Å². The molecule has 4 rings (SSSR count). The average Bonchev–Trinajstić information content (AvgIpc) is 3.32. The van der Waals surface area contributed by atoms with E-state index < -0.39 is 15.8 Å². The van der Waals surface area contributed by atoms with E-state index >= 15 is 0 Å². The van der Waals surface area contributed by atoms with Gasteiger partial charge in [0.15, 0.2) is 0 Å². The van der Waals surface area contributed by atoms with Crippen molar-refractivity contribution in [1.29, 1.82) is 0 Å². The van der Waals surface area contributed by atoms with Gasteiger partial charge in [-0.05, 0) is 49.7 Å². The van der Waals surface area contributed by atoms with Gasteiger partial charge in [-0.3, -0.25) is 4.98 Å². The number of hydrogen-bond acceptors (Lipinski definition) is 6. The molecule has 0 aliphatic carbocycles. The Balaban J connectivity index is 1.51. The van der Waals surface area contributed by atoms with Crippen LogP contribution in [0.1, 0.15) is 23.9 Å². The third-order valence-corrected chi connectivity index (χ3v) is 6.43. The van der Waals surface area contributed by atoms with Gasteiger partial charge in [-0.15, -0.1) is 10.2 Å². The van der Waals surface area contributed by atoms with Gasteiger partial charge in [-0.1, -0.05) is 0 Å². The van der Waals surface area contributed by atoms with Crippen molar-refractivity contribution in [2.45, 2.75) is 24.2 Å². The average molecular weight is 388 g/mol. The number of nitrogens with zero attached hydrogens (tertiary/aromatic N) is 4. The zero-order chi connectivity index (χ0) is 19.0. The first kappa shape index (κ1) is 17.7. The second-order valence-electron chi connectivity index (χ2n) is 6.44. The molecule has 0 bridgehead atoms. The van der Waals surface area contributed by atoms with Crippen LogP contribution in [0.25, 0.3) is 11.5 Å². The summed E-state index contributed by atoms with van der Waals surface area (Å²) in [7, 11) is -3.68. The Morgan fingerprint density at radius 3 is 2.63 bits per heavy atom. The molecule has 1 aliphatic heterocycles. The summed E-state index contributed by atoms with van der Waals surface area (Å²) in [6.45, 7) is 2.47. The first-order chi connectivity index (χ1) is 12.9. The van der Waals surface area contributed by atoms with Crippen molar-refractivity contribution < 1.29 is 17.2 Å². The van der Waals surface area contributed by atoms with Gasteiger partial charge >= 0.3 is 0 Å². The van der Waals surface area contributed by atoms with E-state index in [9.17, 15) is 12.8 Å². The van der Waals surface area contributed by atoms with Gasteiger partial charge in [0.1, 0.15) is 5.82 Å². The minimum Gasteiger partial charge on any atom is -0.420 e. The Morgan fingerprint density at radius 1 is 1.15 bits per heavy atom. The molecule has 1 saturated heterocycles. The number of pyridine rings is 1. The van der Waals surface area contributed by atoms with E-state index in [4.69, 9.17) is 4.42 Å². The van der Waals surface area contributed by atoms with Crippen molar-refractivity contribution >= 4 is 10.0 Å². The van der Waals surface area contributed by atoms with E-state index in [1.165, 1.54) is 16.4 Å². The summed E-state index contributed by atoms with van der Waals surface area (Å²) in [5.74, 6) is 0.108. The monoisotopic (exact) mass is 388 g/mol. The van der Waals surface area contributed by atoms with E-state index in [1.807, 2.05) is 19.1 Å². The van der Waals surface area contributed by atoms with Crippen LogP contribution < -0.4 is 0 Å². The summed E-state index contributed by atoms with van der Waals surface area (Å²) in [5, 5.41) is 8.13. The van der Waals surface area contributed by atoms with Gasteiger partial charge in [0, 0.05) is 25.0 Å². The maximum atomic E-state index is 13.1. The van der Waals surface area contributed by atoms with E-state index in [0.717, 1.165) is 17.8 Å². The Hall–Kier alpha value is -2.65. The lowest BCUT2D eigenvalue weighted by Gasteiger charge is -2.15. The fourth-order valence-corrected chi connectivity index (χ4v) is 4.51. The van der Waals surface area contributed by atoms with Crippen LogP contribution in [-0.4, -0.2) is 41.0 Å². The molecule has 2 aromatic heterocycles. The van der Waals surface area contributed by atoms with Crippen LogP contribution in [0.15, 0.2) is 51.9 Å². The molecule has 0 N–H and O–H groups in total. The van der Waals surface area contributed by atoms with Gasteiger partial charge in [0.05, 0.1) is 16.4 Å². The zero-order valence-electron chi connectivity index (χ0n) is 14.5. The summed E-state index contributed by atoms with van der Waals surface area (Å²) < 4.78 is 45.6. The molecular weight excluding hydrogens is 371 g/mol. The molecule has 0 saturated carbocycles. The summed E-state index contributed by atoms with van der Waals surface area (Å²) in [6.07, 6.45) is 2.24. The summed E-state index contributed by atoms with van der Waals surface area (Å²) in [6, 6.07) is 8.52. The van der Waals surface area contributed by atoms with Crippen LogP contribution in [0, 0.1) is 12.7 Å². The number of sulfonamides is 1. The van der Waals surface area contributed by atoms with Crippen molar-refractivity contribution in [3.05, 3.63) is 60.0 Å². The zero-order valence-corrected chi connectivity index (χ0v) is 15.4. The third kappa shape index (κ3) is 3.47. The minimum atomic E-state index is -3.68. The maximum absolute atomic E-state index is 13.1. The number of rotatable bonds is 4. The fourth-order valence-electron chi connectivity index (χ4n) is 3.01. The molecule has 0 amide bonds. The van der Waals surface area contributed by atoms with Crippen LogP contribution in [0.3, 0.4) is 0 Å². The van der Waals surface area contributed by atoms with Gasteiger partial charge in [0.2, 0.25) is 21.8 Å². The molecule has 1 aromatic carbocycles. The van der Waals surface area contributed by atoms with Crippen molar-refractivity contribution in [3.63, 3.8) is 0 Å². The first-order valence-electron chi connectivity index (χ1n) is 8.45. The Bertz CT molecular complexity index is 1050. The molecule has 1 aliphatic rings. The lowest BCUT2D eigenvalue weighted by atomic mass is 10.1. The molecule has 0 spiro atoms. The molecule has 27 heavy (non-hydrogen) atoms. The number of hydrogen-bond donors (Lipinski definition) is 0. The van der Waals surface area contributed by atoms with Crippen LogP contribution in [0.5, 0.6) is 0 Å². The van der Waals surface area contributed by atoms with E-state index in [-0.39, 0.29) is 17.4 Å². The number of aromatic nitrogens is 3. The lowest BCUT2D eigenvalue weighted by Crippen LogP contribution is -2.28. The molecule has 3 aromatic rings. The quantitative estimate of drug-likeness (QED) is 0.683. The highest BCUT2D eigenvalue weighted by molar-refractivity contribution is 7.89. The predicted molar refractivity (Wildman–Crippen MR) is 94.8 cm³/mol. The first-order valence-corrected chi connectivity index (χ1v) is 9.89. The topological polar surface area (TPSA) is 89.2 Å². The molecule has 1 unspecified atom stereocenters. The van der Waals surface area contributed by atoms with Gasteiger partial charge < -0.3 is 4.42 Å². The molecule has 1 fully saturated rings. The highest BCUT2D eigenvalue weighted by Crippen LogP contribution is 2.31. The fraction of sp³-hybridized carbons (Fsp3) is 0.278. The Kier molecular flexibility index (Phi) is 4.48. The summed E-state index contributed by atoms with van der Waals surface area (Å²) in [5.41, 5.74) is 1.60. The standard InChI is InChI=1S/C18H17FN4O3S/c1-12-2-3-13(10-20-12)17-21-22-18(26-17)14-8-9-23(11-14)27(24,25)16-6-4-15(19)5-7-16/h2-7,10,14H,8-9,11H2,1H3. The van der Waals surface area contributed by atoms with E-state index in [0.29, 0.717) is 30.3 Å². The number of aryl methyl sites for hydroxylation is 1. The summed E-state index contributed by atoms with van der Waals surface area (Å²) in [4.78, 5) is 4.28. The molecule has 3 heterocycles. The lowest BCUT2D eigenvalue weighted by molar-refractivity contribution is 0.440. The second-order valence-corrected chi connectivity index (χ2v) is 8.37. The van der Waals surface area contributed by atoms with E-state index in [1.54, 1.807) is 6.20 Å². The Morgan fingerprint density at radius 2 is 1.93 bits per heavy atom. The van der Waals surface area contributed by atoms with Crippen LogP contribution in [-0.2, 0) is 10.0 Å². The highest BCUT2D eigenvalue weighted by atomic mass is 32.2. The highest BCUT2D eigenvalue weighted by Gasteiger charge is 2.35. The second kappa shape index (κ2) is 6.82. The van der Waals surface area contributed by atoms with Gasteiger partial charge in [0.25, 0.3) is 0 Å². The molecule has 9 heteroatoms. The molecule has 0 radical (unpaired) electrons. The van der Waals surface area contributed by atoms with Crippen molar-refractivity contribution in [3.8, 4) is 11.5 Å². The van der Waals surface area contributed by atoms with Crippen molar-refractivity contribution in [1.82, 2.24) is 19.5 Å². The molecule has 7 nitrogen and oxygen atoms in total. The normalized spacial score (nSPS) is 18.1. The van der Waals surface area contributed by atoms with Crippen LogP contribution in [0.4, 0.5) is 4.39 Å². The third-order valence-electron chi connectivity index (χ3n) is 4.55. The smallest absolute Gasteiger partial charge is 0.249 e. The molecule has 1 atom stereocenters. The Labute approximate surface area is 155 Å². The van der Waals surface area contributed by atoms with Crippen LogP contribution >= 0.6 is 0 Å². The molecule has 140 valence electrons. The van der Waals surface area contributed by atoms with E-state index in [2.05, 4.69) is 15.2 Å². The largest absolute Gasteiger partial charge is 0.420 e. The van der Waals surface area contributed by atoms with Gasteiger partial charge in [-0.2, -0.15) is 4.31 Å². The molecular formula is C18H17FN4O3S. The van der Waals surface area contributed by atoms with Gasteiger partial charge in [-0.25, -0.2) is 12.8 Å². The summed E-state index contributed by atoms with van der Waals surface area (Å²) >= 11 is 0. The number of halogens is 1. The number of benzene rings is 1.